The molecule has 128 valence electrons. The Morgan fingerprint density at radius 1 is 0.846 bits per heavy atom. The van der Waals surface area contributed by atoms with Gasteiger partial charge in [0.05, 0.1) is 5.52 Å². The van der Waals surface area contributed by atoms with Crippen molar-refractivity contribution in [2.45, 2.75) is 20.8 Å². The summed E-state index contributed by atoms with van der Waals surface area (Å²) in [7, 11) is 2.09. The van der Waals surface area contributed by atoms with Gasteiger partial charge >= 0.3 is 0 Å². The quantitative estimate of drug-likeness (QED) is 0.495. The van der Waals surface area contributed by atoms with Crippen LogP contribution < -0.4 is 4.57 Å². The van der Waals surface area contributed by atoms with Gasteiger partial charge in [-0.25, -0.2) is 14.5 Å². The third-order valence-corrected chi connectivity index (χ3v) is 4.87. The lowest BCUT2D eigenvalue weighted by atomic mass is 10.0. The first-order chi connectivity index (χ1) is 12.5. The standard InChI is InChI=1S/C23H22N3/c1-15-9-10-21-18(11-15)13-24-23(25-21)20-12-22(26(4)14-17(20)3)19-8-6-5-7-16(19)2/h5-14H,1-4H3/q+1. The highest BCUT2D eigenvalue weighted by Gasteiger charge is 2.17. The fourth-order valence-corrected chi connectivity index (χ4v) is 3.43. The highest BCUT2D eigenvalue weighted by Crippen LogP contribution is 2.27. The second-order valence-corrected chi connectivity index (χ2v) is 6.94. The summed E-state index contributed by atoms with van der Waals surface area (Å²) in [6, 6.07) is 16.9. The lowest BCUT2D eigenvalue weighted by molar-refractivity contribution is -0.660. The summed E-state index contributed by atoms with van der Waals surface area (Å²) in [6.07, 6.45) is 4.07. The molecule has 0 bridgehead atoms. The highest BCUT2D eigenvalue weighted by atomic mass is 14.9. The van der Waals surface area contributed by atoms with Gasteiger partial charge in [-0.05, 0) is 44.5 Å². The summed E-state index contributed by atoms with van der Waals surface area (Å²) in [5.74, 6) is 0.772. The monoisotopic (exact) mass is 340 g/mol. The molecule has 2 aromatic carbocycles. The molecule has 0 spiro atoms. The molecule has 0 saturated carbocycles. The Kier molecular flexibility index (Phi) is 4.00. The fourth-order valence-electron chi connectivity index (χ4n) is 3.43. The number of aryl methyl sites for hydroxylation is 4. The Morgan fingerprint density at radius 2 is 1.65 bits per heavy atom. The second-order valence-electron chi connectivity index (χ2n) is 6.94. The van der Waals surface area contributed by atoms with Crippen LogP contribution in [0.1, 0.15) is 16.7 Å². The Balaban J connectivity index is 1.91. The van der Waals surface area contributed by atoms with Crippen molar-refractivity contribution in [3.8, 4) is 22.6 Å². The van der Waals surface area contributed by atoms with E-state index in [1.807, 2.05) is 6.20 Å². The SMILES string of the molecule is Cc1ccc2nc(-c3cc(-c4ccccc4C)[n+](C)cc3C)ncc2c1. The third-order valence-electron chi connectivity index (χ3n) is 4.87. The summed E-state index contributed by atoms with van der Waals surface area (Å²) in [5.41, 5.74) is 8.08. The summed E-state index contributed by atoms with van der Waals surface area (Å²) < 4.78 is 2.17. The average molecular weight is 340 g/mol. The molecule has 0 aliphatic heterocycles. The molecular formula is C23H22N3+. The van der Waals surface area contributed by atoms with Gasteiger partial charge in [0, 0.05) is 34.3 Å². The molecule has 3 nitrogen and oxygen atoms in total. The highest BCUT2D eigenvalue weighted by molar-refractivity contribution is 5.81. The van der Waals surface area contributed by atoms with Crippen molar-refractivity contribution in [1.29, 1.82) is 0 Å². The number of benzene rings is 2. The van der Waals surface area contributed by atoms with Gasteiger partial charge in [-0.3, -0.25) is 0 Å². The van der Waals surface area contributed by atoms with E-state index in [1.54, 1.807) is 0 Å². The van der Waals surface area contributed by atoms with Crippen LogP contribution in [0.5, 0.6) is 0 Å². The van der Waals surface area contributed by atoms with Crippen LogP contribution in [0.2, 0.25) is 0 Å². The predicted molar refractivity (Wildman–Crippen MR) is 106 cm³/mol. The summed E-state index contributed by atoms with van der Waals surface area (Å²) in [6.45, 7) is 6.34. The number of pyridine rings is 1. The first-order valence-corrected chi connectivity index (χ1v) is 8.83. The minimum absolute atomic E-state index is 0.772. The van der Waals surface area contributed by atoms with E-state index in [4.69, 9.17) is 4.98 Å². The van der Waals surface area contributed by atoms with E-state index in [0.717, 1.165) is 33.5 Å². The Bertz CT molecular complexity index is 1130. The van der Waals surface area contributed by atoms with Crippen LogP contribution >= 0.6 is 0 Å². The van der Waals surface area contributed by atoms with Crippen LogP contribution in [-0.2, 0) is 7.05 Å². The van der Waals surface area contributed by atoms with Gasteiger partial charge in [0.25, 0.3) is 0 Å². The minimum Gasteiger partial charge on any atom is -0.236 e. The van der Waals surface area contributed by atoms with E-state index in [2.05, 4.69) is 92.1 Å². The van der Waals surface area contributed by atoms with Crippen molar-refractivity contribution in [2.24, 2.45) is 7.05 Å². The molecule has 0 aliphatic rings. The molecule has 0 radical (unpaired) electrons. The van der Waals surface area contributed by atoms with Gasteiger partial charge in [0.15, 0.2) is 12.0 Å². The van der Waals surface area contributed by atoms with Crippen LogP contribution in [0.4, 0.5) is 0 Å². The maximum Gasteiger partial charge on any atom is 0.213 e. The van der Waals surface area contributed by atoms with Gasteiger partial charge in [-0.15, -0.1) is 0 Å². The predicted octanol–water partition coefficient (Wildman–Crippen LogP) is 4.71. The largest absolute Gasteiger partial charge is 0.236 e. The Labute approximate surface area is 154 Å². The molecule has 0 fully saturated rings. The van der Waals surface area contributed by atoms with Crippen LogP contribution in [0.25, 0.3) is 33.5 Å². The van der Waals surface area contributed by atoms with Gasteiger partial charge in [0.1, 0.15) is 7.05 Å². The maximum atomic E-state index is 4.81. The molecule has 2 heterocycles. The van der Waals surface area contributed by atoms with Crippen molar-refractivity contribution in [2.75, 3.05) is 0 Å². The maximum absolute atomic E-state index is 4.81. The summed E-state index contributed by atoms with van der Waals surface area (Å²) in [5, 5.41) is 1.08. The molecule has 0 N–H and O–H groups in total. The van der Waals surface area contributed by atoms with Crippen LogP contribution in [-0.4, -0.2) is 9.97 Å². The summed E-state index contributed by atoms with van der Waals surface area (Å²) >= 11 is 0. The van der Waals surface area contributed by atoms with Gasteiger partial charge in [-0.2, -0.15) is 0 Å². The van der Waals surface area contributed by atoms with Gasteiger partial charge in [0.2, 0.25) is 5.69 Å². The van der Waals surface area contributed by atoms with E-state index in [1.165, 1.54) is 16.7 Å². The van der Waals surface area contributed by atoms with E-state index < -0.39 is 0 Å². The molecule has 0 saturated heterocycles. The third kappa shape index (κ3) is 2.86. The fraction of sp³-hybridized carbons (Fsp3) is 0.174. The van der Waals surface area contributed by atoms with Crippen LogP contribution in [0.3, 0.4) is 0 Å². The zero-order valence-electron chi connectivity index (χ0n) is 15.6. The molecule has 3 heteroatoms. The van der Waals surface area contributed by atoms with Crippen LogP contribution in [0.15, 0.2) is 60.9 Å². The zero-order valence-corrected chi connectivity index (χ0v) is 15.6. The Hall–Kier alpha value is -3.07. The van der Waals surface area contributed by atoms with Gasteiger partial charge in [-0.1, -0.05) is 29.8 Å². The molecule has 0 amide bonds. The number of fused-ring (bicyclic) bond motifs is 1. The van der Waals surface area contributed by atoms with Crippen LogP contribution in [0, 0.1) is 20.8 Å². The number of nitrogens with zero attached hydrogens (tertiary/aromatic N) is 3. The molecule has 26 heavy (non-hydrogen) atoms. The van der Waals surface area contributed by atoms with Crippen molar-refractivity contribution in [1.82, 2.24) is 9.97 Å². The molecule has 4 rings (SSSR count). The summed E-state index contributed by atoms with van der Waals surface area (Å²) in [4.78, 5) is 9.46. The Morgan fingerprint density at radius 3 is 2.46 bits per heavy atom. The van der Waals surface area contributed by atoms with Crippen molar-refractivity contribution < 1.29 is 4.57 Å². The molecule has 0 unspecified atom stereocenters. The average Bonchev–Trinajstić information content (AvgIpc) is 2.62. The smallest absolute Gasteiger partial charge is 0.213 e. The van der Waals surface area contributed by atoms with E-state index >= 15 is 0 Å². The van der Waals surface area contributed by atoms with Gasteiger partial charge < -0.3 is 0 Å². The topological polar surface area (TPSA) is 29.7 Å². The van der Waals surface area contributed by atoms with Crippen molar-refractivity contribution >= 4 is 10.9 Å². The molecule has 4 aromatic rings. The zero-order chi connectivity index (χ0) is 18.3. The lowest BCUT2D eigenvalue weighted by Gasteiger charge is -2.09. The first-order valence-electron chi connectivity index (χ1n) is 8.83. The molecular weight excluding hydrogens is 318 g/mol. The number of rotatable bonds is 2. The minimum atomic E-state index is 0.772. The lowest BCUT2D eigenvalue weighted by Crippen LogP contribution is -2.31. The molecule has 2 aromatic heterocycles. The number of hydrogen-bond donors (Lipinski definition) is 0. The second kappa shape index (κ2) is 6.34. The van der Waals surface area contributed by atoms with Crippen molar-refractivity contribution in [3.05, 3.63) is 77.6 Å². The first kappa shape index (κ1) is 16.4. The van der Waals surface area contributed by atoms with E-state index in [-0.39, 0.29) is 0 Å². The molecule has 0 atom stereocenters. The normalized spacial score (nSPS) is 11.1. The van der Waals surface area contributed by atoms with E-state index in [9.17, 15) is 0 Å². The number of hydrogen-bond acceptors (Lipinski definition) is 2. The van der Waals surface area contributed by atoms with Crippen molar-refractivity contribution in [3.63, 3.8) is 0 Å². The molecule has 0 aliphatic carbocycles. The van der Waals surface area contributed by atoms with E-state index in [0.29, 0.717) is 0 Å². The number of aromatic nitrogens is 3.